The van der Waals surface area contributed by atoms with Gasteiger partial charge in [0.25, 0.3) is 0 Å². The quantitative estimate of drug-likeness (QED) is 0.638. The molecule has 0 spiro atoms. The number of amides is 1. The average molecular weight is 335 g/mol. The summed E-state index contributed by atoms with van der Waals surface area (Å²) in [5.41, 5.74) is -0.0716. The van der Waals surface area contributed by atoms with Gasteiger partial charge in [-0.1, -0.05) is 30.3 Å². The molecule has 0 aromatic heterocycles. The number of benzene rings is 1. The van der Waals surface area contributed by atoms with Gasteiger partial charge >= 0.3 is 12.1 Å². The van der Waals surface area contributed by atoms with Gasteiger partial charge in [-0.25, -0.2) is 4.79 Å². The van der Waals surface area contributed by atoms with E-state index in [9.17, 15) is 14.4 Å². The second-order valence-electron chi connectivity index (χ2n) is 6.37. The third-order valence-corrected chi connectivity index (χ3v) is 3.14. The van der Waals surface area contributed by atoms with Crippen molar-refractivity contribution in [3.8, 4) is 0 Å². The molecule has 0 aliphatic heterocycles. The number of hydrogen-bond acceptors (Lipinski definition) is 5. The first-order chi connectivity index (χ1) is 11.2. The number of alkyl carbamates (subject to hydrolysis) is 1. The number of carbonyl (C=O) groups excluding carboxylic acids is 3. The minimum atomic E-state index is -1.14. The highest BCUT2D eigenvalue weighted by Crippen LogP contribution is 2.25. The smallest absolute Gasteiger partial charge is 0.408 e. The summed E-state index contributed by atoms with van der Waals surface area (Å²) in [7, 11) is 0. The average Bonchev–Trinajstić information content (AvgIpc) is 2.45. The van der Waals surface area contributed by atoms with E-state index in [1.165, 1.54) is 6.92 Å². The van der Waals surface area contributed by atoms with Gasteiger partial charge in [-0.05, 0) is 40.2 Å². The van der Waals surface area contributed by atoms with Crippen molar-refractivity contribution in [2.45, 2.75) is 46.3 Å². The zero-order valence-electron chi connectivity index (χ0n) is 14.8. The van der Waals surface area contributed by atoms with E-state index >= 15 is 0 Å². The van der Waals surface area contributed by atoms with Crippen LogP contribution in [0.1, 0.15) is 46.2 Å². The second kappa shape index (κ2) is 8.47. The monoisotopic (exact) mass is 335 g/mol. The molecule has 1 aromatic carbocycles. The molecule has 6 nitrogen and oxygen atoms in total. The zero-order valence-corrected chi connectivity index (χ0v) is 14.8. The molecular formula is C18H25NO5. The van der Waals surface area contributed by atoms with E-state index in [0.29, 0.717) is 5.56 Å². The Labute approximate surface area is 142 Å². The number of esters is 1. The van der Waals surface area contributed by atoms with E-state index in [1.54, 1.807) is 58.0 Å². The topological polar surface area (TPSA) is 81.7 Å². The fraction of sp³-hybridized carbons (Fsp3) is 0.500. The van der Waals surface area contributed by atoms with Gasteiger partial charge in [-0.15, -0.1) is 0 Å². The lowest BCUT2D eigenvalue weighted by Crippen LogP contribution is -2.42. The molecule has 1 aromatic rings. The van der Waals surface area contributed by atoms with Gasteiger partial charge < -0.3 is 14.8 Å². The maximum absolute atomic E-state index is 12.2. The van der Waals surface area contributed by atoms with E-state index in [1.807, 2.05) is 0 Å². The number of ketones is 1. The van der Waals surface area contributed by atoms with Crippen molar-refractivity contribution < 1.29 is 23.9 Å². The van der Waals surface area contributed by atoms with Crippen LogP contribution >= 0.6 is 0 Å². The second-order valence-corrected chi connectivity index (χ2v) is 6.37. The summed E-state index contributed by atoms with van der Waals surface area (Å²) in [4.78, 5) is 36.4. The minimum absolute atomic E-state index is 0.149. The van der Waals surface area contributed by atoms with Gasteiger partial charge in [-0.2, -0.15) is 0 Å². The molecule has 0 saturated carbocycles. The third kappa shape index (κ3) is 6.02. The Morgan fingerprint density at radius 2 is 1.71 bits per heavy atom. The Bertz CT molecular complexity index is 577. The lowest BCUT2D eigenvalue weighted by molar-refractivity contribution is -0.152. The van der Waals surface area contributed by atoms with E-state index in [4.69, 9.17) is 9.47 Å². The lowest BCUT2D eigenvalue weighted by atomic mass is 9.90. The highest BCUT2D eigenvalue weighted by Gasteiger charge is 2.36. The summed E-state index contributed by atoms with van der Waals surface area (Å²) in [6.45, 7) is 8.31. The molecule has 1 rings (SSSR count). The van der Waals surface area contributed by atoms with E-state index in [2.05, 4.69) is 5.32 Å². The van der Waals surface area contributed by atoms with Gasteiger partial charge in [0, 0.05) is 0 Å². The summed E-state index contributed by atoms with van der Waals surface area (Å²) in [5.74, 6) is -2.20. The molecule has 0 bridgehead atoms. The molecular weight excluding hydrogens is 310 g/mol. The van der Waals surface area contributed by atoms with Crippen molar-refractivity contribution in [1.82, 2.24) is 5.32 Å². The van der Waals surface area contributed by atoms with Gasteiger partial charge in [0.2, 0.25) is 0 Å². The van der Waals surface area contributed by atoms with Crippen LogP contribution in [0, 0.1) is 5.92 Å². The first-order valence-electron chi connectivity index (χ1n) is 7.87. The molecule has 1 unspecified atom stereocenters. The fourth-order valence-corrected chi connectivity index (χ4v) is 2.22. The first-order valence-corrected chi connectivity index (χ1v) is 7.87. The van der Waals surface area contributed by atoms with E-state index < -0.39 is 35.4 Å². The summed E-state index contributed by atoms with van der Waals surface area (Å²) in [6.07, 6.45) is -0.702. The SMILES string of the molecule is CCOC(=O)C(C(C)=O)[C@H](NC(=O)OC(C)(C)C)c1ccccc1. The van der Waals surface area contributed by atoms with Crippen LogP contribution in [0.3, 0.4) is 0 Å². The number of Topliss-reactive ketones (excluding diaryl/α,β-unsaturated/α-hetero) is 1. The van der Waals surface area contributed by atoms with Crippen LogP contribution in [0.25, 0.3) is 0 Å². The molecule has 24 heavy (non-hydrogen) atoms. The first kappa shape index (κ1) is 19.7. The predicted molar refractivity (Wildman–Crippen MR) is 89.4 cm³/mol. The van der Waals surface area contributed by atoms with Gasteiger partial charge in [-0.3, -0.25) is 9.59 Å². The Kier molecular flexibility index (Phi) is 6.95. The van der Waals surface area contributed by atoms with Gasteiger partial charge in [0.05, 0.1) is 12.6 Å². The van der Waals surface area contributed by atoms with Crippen molar-refractivity contribution in [3.05, 3.63) is 35.9 Å². The summed E-state index contributed by atoms with van der Waals surface area (Å²) in [5, 5.41) is 2.63. The molecule has 132 valence electrons. The van der Waals surface area contributed by atoms with Gasteiger partial charge in [0.15, 0.2) is 0 Å². The normalized spacial score (nSPS) is 13.5. The molecule has 0 saturated heterocycles. The summed E-state index contributed by atoms with van der Waals surface area (Å²) < 4.78 is 10.2. The molecule has 0 aliphatic rings. The molecule has 0 fully saturated rings. The van der Waals surface area contributed by atoms with Crippen molar-refractivity contribution >= 4 is 17.8 Å². The Morgan fingerprint density at radius 3 is 2.17 bits per heavy atom. The number of nitrogens with one attached hydrogen (secondary N) is 1. The molecule has 0 aliphatic carbocycles. The van der Waals surface area contributed by atoms with Crippen LogP contribution in [-0.2, 0) is 19.1 Å². The van der Waals surface area contributed by atoms with Crippen LogP contribution < -0.4 is 5.32 Å². The zero-order chi connectivity index (χ0) is 18.3. The van der Waals surface area contributed by atoms with Crippen LogP contribution in [0.5, 0.6) is 0 Å². The predicted octanol–water partition coefficient (Wildman–Crippen LogP) is 3.02. The molecule has 1 N–H and O–H groups in total. The number of carbonyl (C=O) groups is 3. The van der Waals surface area contributed by atoms with Crippen molar-refractivity contribution in [1.29, 1.82) is 0 Å². The molecule has 1 amide bonds. The number of rotatable bonds is 6. The molecule has 0 heterocycles. The van der Waals surface area contributed by atoms with E-state index in [-0.39, 0.29) is 6.61 Å². The largest absolute Gasteiger partial charge is 0.465 e. The van der Waals surface area contributed by atoms with Crippen LogP contribution in [0.4, 0.5) is 4.79 Å². The minimum Gasteiger partial charge on any atom is -0.465 e. The molecule has 6 heteroatoms. The molecule has 0 radical (unpaired) electrons. The highest BCUT2D eigenvalue weighted by atomic mass is 16.6. The number of ether oxygens (including phenoxy) is 2. The van der Waals surface area contributed by atoms with Crippen molar-refractivity contribution in [2.24, 2.45) is 5.92 Å². The van der Waals surface area contributed by atoms with Crippen LogP contribution in [0.2, 0.25) is 0 Å². The molecule has 2 atom stereocenters. The Morgan fingerprint density at radius 1 is 1.12 bits per heavy atom. The lowest BCUT2D eigenvalue weighted by Gasteiger charge is -2.27. The highest BCUT2D eigenvalue weighted by molar-refractivity contribution is 5.99. The van der Waals surface area contributed by atoms with Crippen LogP contribution in [-0.4, -0.2) is 30.1 Å². The third-order valence-electron chi connectivity index (χ3n) is 3.14. The summed E-state index contributed by atoms with van der Waals surface area (Å²) in [6, 6.07) is 7.94. The number of hydrogen-bond donors (Lipinski definition) is 1. The maximum atomic E-state index is 12.2. The van der Waals surface area contributed by atoms with Crippen molar-refractivity contribution in [2.75, 3.05) is 6.61 Å². The van der Waals surface area contributed by atoms with E-state index in [0.717, 1.165) is 0 Å². The fourth-order valence-electron chi connectivity index (χ4n) is 2.22. The Hall–Kier alpha value is -2.37. The maximum Gasteiger partial charge on any atom is 0.408 e. The van der Waals surface area contributed by atoms with Crippen LogP contribution in [0.15, 0.2) is 30.3 Å². The Balaban J connectivity index is 3.15. The summed E-state index contributed by atoms with van der Waals surface area (Å²) >= 11 is 0. The van der Waals surface area contributed by atoms with Gasteiger partial charge in [0.1, 0.15) is 17.3 Å². The standard InChI is InChI=1S/C18H25NO5/c1-6-23-16(21)14(12(2)20)15(13-10-8-7-9-11-13)19-17(22)24-18(3,4)5/h7-11,14-15H,6H2,1-5H3,(H,19,22)/t14?,15-/m1/s1. The van der Waals surface area contributed by atoms with Crippen molar-refractivity contribution in [3.63, 3.8) is 0 Å².